The van der Waals surface area contributed by atoms with Gasteiger partial charge in [0.25, 0.3) is 0 Å². The lowest BCUT2D eigenvalue weighted by atomic mass is 9.42. The van der Waals surface area contributed by atoms with Crippen LogP contribution in [0.15, 0.2) is 23.1 Å². The second kappa shape index (κ2) is 4.05. The normalized spacial score (nSPS) is 21.9. The number of benzene rings is 1. The predicted molar refractivity (Wildman–Crippen MR) is 76.2 cm³/mol. The van der Waals surface area contributed by atoms with Crippen LogP contribution in [0.3, 0.4) is 0 Å². The van der Waals surface area contributed by atoms with E-state index in [1.165, 1.54) is 6.07 Å². The van der Waals surface area contributed by atoms with Crippen molar-refractivity contribution in [3.05, 3.63) is 24.0 Å². The molecule has 0 nitrogen and oxygen atoms in total. The number of halogens is 1. The Bertz CT molecular complexity index is 424. The van der Waals surface area contributed by atoms with Gasteiger partial charge in [0.05, 0.1) is 0 Å². The highest BCUT2D eigenvalue weighted by atomic mass is 32.1. The topological polar surface area (TPSA) is 0 Å². The molecule has 17 heavy (non-hydrogen) atoms. The fraction of sp³-hybridized carbons (Fsp3) is 0.571. The first kappa shape index (κ1) is 13.0. The van der Waals surface area contributed by atoms with Crippen LogP contribution in [0.1, 0.15) is 27.7 Å². The van der Waals surface area contributed by atoms with Crippen molar-refractivity contribution in [1.82, 2.24) is 0 Å². The van der Waals surface area contributed by atoms with E-state index < -0.39 is 0 Å². The Hall–Kier alpha value is -0.435. The number of hydrogen-bond donors (Lipinski definition) is 1. The Kier molecular flexibility index (Phi) is 3.10. The van der Waals surface area contributed by atoms with E-state index >= 15 is 0 Å². The lowest BCUT2D eigenvalue weighted by Crippen LogP contribution is -2.29. The third-order valence-corrected chi connectivity index (χ3v) is 5.18. The van der Waals surface area contributed by atoms with Crippen molar-refractivity contribution >= 4 is 24.8 Å². The van der Waals surface area contributed by atoms with Gasteiger partial charge in [-0.15, -0.1) is 12.6 Å². The highest BCUT2D eigenvalue weighted by Gasteiger charge is 2.48. The molecule has 1 aromatic rings. The van der Waals surface area contributed by atoms with Gasteiger partial charge in [-0.2, -0.15) is 0 Å². The van der Waals surface area contributed by atoms with Crippen LogP contribution in [0, 0.1) is 16.6 Å². The highest BCUT2D eigenvalue weighted by molar-refractivity contribution is 7.80. The first-order valence-electron chi connectivity index (χ1n) is 6.21. The maximum Gasteiger partial charge on any atom is 0.178 e. The first-order valence-corrected chi connectivity index (χ1v) is 6.66. The van der Waals surface area contributed by atoms with Crippen molar-refractivity contribution in [2.24, 2.45) is 10.8 Å². The molecule has 0 aromatic heterocycles. The molecule has 92 valence electrons. The van der Waals surface area contributed by atoms with E-state index in [0.717, 1.165) is 23.0 Å². The monoisotopic (exact) mass is 250 g/mol. The zero-order valence-corrected chi connectivity index (χ0v) is 11.9. The van der Waals surface area contributed by atoms with E-state index in [0.29, 0.717) is 17.5 Å². The number of thiol groups is 1. The second-order valence-corrected chi connectivity index (χ2v) is 7.06. The fourth-order valence-corrected chi connectivity index (χ4v) is 3.25. The Morgan fingerprint density at radius 2 is 1.65 bits per heavy atom. The fourth-order valence-electron chi connectivity index (χ4n) is 2.93. The minimum atomic E-state index is -0.152. The minimum Gasteiger partial charge on any atom is -0.207 e. The summed E-state index contributed by atoms with van der Waals surface area (Å²) in [5, 5.41) is 0. The van der Waals surface area contributed by atoms with Crippen molar-refractivity contribution in [3.63, 3.8) is 0 Å². The smallest absolute Gasteiger partial charge is 0.178 e. The molecule has 1 heterocycles. The van der Waals surface area contributed by atoms with E-state index in [9.17, 15) is 4.39 Å². The van der Waals surface area contributed by atoms with Crippen molar-refractivity contribution in [2.75, 3.05) is 0 Å². The zero-order chi connectivity index (χ0) is 12.8. The van der Waals surface area contributed by atoms with Crippen LogP contribution in [0.2, 0.25) is 12.6 Å². The second-order valence-electron chi connectivity index (χ2n) is 6.58. The van der Waals surface area contributed by atoms with Gasteiger partial charge in [-0.25, -0.2) is 4.39 Å². The molecule has 0 radical (unpaired) electrons. The van der Waals surface area contributed by atoms with Gasteiger partial charge in [0.2, 0.25) is 0 Å². The van der Waals surface area contributed by atoms with E-state index in [1.807, 2.05) is 0 Å². The number of hydrogen-bond acceptors (Lipinski definition) is 1. The third kappa shape index (κ3) is 2.26. The molecule has 2 rings (SSSR count). The molecule has 0 saturated carbocycles. The molecule has 0 unspecified atom stereocenters. The van der Waals surface area contributed by atoms with Crippen molar-refractivity contribution in [3.8, 4) is 0 Å². The molecule has 1 fully saturated rings. The molecule has 3 heteroatoms. The number of rotatable bonds is 1. The molecule has 0 aliphatic carbocycles. The van der Waals surface area contributed by atoms with Gasteiger partial charge in [-0.05, 0) is 33.9 Å². The van der Waals surface area contributed by atoms with Crippen molar-refractivity contribution < 1.29 is 4.39 Å². The van der Waals surface area contributed by atoms with E-state index in [1.54, 1.807) is 12.1 Å². The van der Waals surface area contributed by atoms with Gasteiger partial charge in [0.1, 0.15) is 5.82 Å². The first-order chi connectivity index (χ1) is 7.73. The molecule has 0 amide bonds. The summed E-state index contributed by atoms with van der Waals surface area (Å²) in [5.41, 5.74) is 1.67. The summed E-state index contributed by atoms with van der Waals surface area (Å²) in [6.07, 6.45) is 2.22. The van der Waals surface area contributed by atoms with E-state index in [-0.39, 0.29) is 5.82 Å². The van der Waals surface area contributed by atoms with E-state index in [4.69, 9.17) is 0 Å². The third-order valence-electron chi connectivity index (χ3n) is 4.77. The van der Waals surface area contributed by atoms with Crippen LogP contribution in [0.5, 0.6) is 0 Å². The molecule has 1 saturated heterocycles. The quantitative estimate of drug-likeness (QED) is 0.567. The minimum absolute atomic E-state index is 0.152. The van der Waals surface area contributed by atoms with Gasteiger partial charge in [0, 0.05) is 0 Å². The van der Waals surface area contributed by atoms with Crippen LogP contribution < -0.4 is 5.46 Å². The maximum absolute atomic E-state index is 13.4. The molecule has 0 N–H and O–H groups in total. The van der Waals surface area contributed by atoms with Gasteiger partial charge in [0.15, 0.2) is 6.71 Å². The summed E-state index contributed by atoms with van der Waals surface area (Å²) >= 11 is 4.47. The average molecular weight is 250 g/mol. The summed E-state index contributed by atoms with van der Waals surface area (Å²) in [6.45, 7) is 9.67. The highest BCUT2D eigenvalue weighted by Crippen LogP contribution is 2.52. The molecule has 1 aliphatic heterocycles. The SMILES string of the molecule is CC1(C)CB(c2cc(F)ccc2S)CC1(C)C. The summed E-state index contributed by atoms with van der Waals surface area (Å²) in [6, 6.07) is 4.91. The van der Waals surface area contributed by atoms with Gasteiger partial charge in [-0.1, -0.05) is 45.8 Å². The zero-order valence-electron chi connectivity index (χ0n) is 11.0. The molecule has 0 bridgehead atoms. The van der Waals surface area contributed by atoms with Crippen molar-refractivity contribution in [2.45, 2.75) is 45.2 Å². The lowest BCUT2D eigenvalue weighted by molar-refractivity contribution is 0.177. The summed E-state index contributed by atoms with van der Waals surface area (Å²) in [5.74, 6) is -0.152. The Labute approximate surface area is 109 Å². The summed E-state index contributed by atoms with van der Waals surface area (Å²) in [7, 11) is 0. The largest absolute Gasteiger partial charge is 0.207 e. The molecule has 1 aliphatic rings. The van der Waals surface area contributed by atoms with Crippen LogP contribution >= 0.6 is 12.6 Å². The van der Waals surface area contributed by atoms with Crippen LogP contribution in [-0.4, -0.2) is 6.71 Å². The van der Waals surface area contributed by atoms with Crippen molar-refractivity contribution in [1.29, 1.82) is 0 Å². The maximum atomic E-state index is 13.4. The molecule has 0 spiro atoms. The predicted octanol–water partition coefficient (Wildman–Crippen LogP) is 3.88. The standard InChI is InChI=1S/C14H20BFS/c1-13(2)8-15(9-14(13,3)4)11-7-10(16)5-6-12(11)17/h5-7,17H,8-9H2,1-4H3. The Morgan fingerprint density at radius 1 is 1.12 bits per heavy atom. The molecular formula is C14H20BFS. The van der Waals surface area contributed by atoms with Crippen LogP contribution in [-0.2, 0) is 0 Å². The molecule has 0 atom stereocenters. The molecular weight excluding hydrogens is 230 g/mol. The van der Waals surface area contributed by atoms with Gasteiger partial charge in [-0.3, -0.25) is 0 Å². The van der Waals surface area contributed by atoms with Gasteiger partial charge < -0.3 is 0 Å². The lowest BCUT2D eigenvalue weighted by Gasteiger charge is -2.35. The van der Waals surface area contributed by atoms with E-state index in [2.05, 4.69) is 40.3 Å². The van der Waals surface area contributed by atoms with Crippen LogP contribution in [0.25, 0.3) is 0 Å². The molecule has 1 aromatic carbocycles. The van der Waals surface area contributed by atoms with Crippen LogP contribution in [0.4, 0.5) is 4.39 Å². The summed E-state index contributed by atoms with van der Waals surface area (Å²) in [4.78, 5) is 0.921. The van der Waals surface area contributed by atoms with Gasteiger partial charge >= 0.3 is 0 Å². The average Bonchev–Trinajstić information content (AvgIpc) is 2.40. The summed E-state index contributed by atoms with van der Waals surface area (Å²) < 4.78 is 13.4. The Balaban J connectivity index is 2.35. The Morgan fingerprint density at radius 3 is 2.18 bits per heavy atom.